The molecule has 1 amide bonds. The standard InChI is InChI=1S/C22H19F3N4O3/c1-26-18(14-31-13-15-6-3-2-4-7-15)10-11-27-20(30)17-9-5-8-16(12-17)19-28-21(32-29-19)22(23,24)25/h2-9,12,14H,1,10-11,13H2,(H,27,30)/b18-14-. The van der Waals surface area contributed by atoms with Crippen molar-refractivity contribution in [3.8, 4) is 11.4 Å². The summed E-state index contributed by atoms with van der Waals surface area (Å²) in [5, 5.41) is 6.03. The van der Waals surface area contributed by atoms with Gasteiger partial charge in [-0.2, -0.15) is 18.2 Å². The van der Waals surface area contributed by atoms with Crippen LogP contribution in [0, 0.1) is 0 Å². The maximum absolute atomic E-state index is 12.6. The van der Waals surface area contributed by atoms with E-state index in [1.54, 1.807) is 0 Å². The fourth-order valence-corrected chi connectivity index (χ4v) is 2.65. The number of aromatic nitrogens is 2. The molecule has 1 aromatic heterocycles. The number of aliphatic imine (C=N–C) groups is 1. The van der Waals surface area contributed by atoms with Crippen molar-refractivity contribution in [3.63, 3.8) is 0 Å². The van der Waals surface area contributed by atoms with Crippen LogP contribution < -0.4 is 5.32 Å². The predicted octanol–water partition coefficient (Wildman–Crippen LogP) is 4.63. The van der Waals surface area contributed by atoms with Crippen LogP contribution in [0.4, 0.5) is 13.2 Å². The first kappa shape index (κ1) is 22.7. The molecule has 0 radical (unpaired) electrons. The van der Waals surface area contributed by atoms with Gasteiger partial charge in [0, 0.05) is 24.1 Å². The minimum atomic E-state index is -4.74. The quantitative estimate of drug-likeness (QED) is 0.384. The van der Waals surface area contributed by atoms with Crippen molar-refractivity contribution in [2.45, 2.75) is 19.2 Å². The Hall–Kier alpha value is -3.95. The van der Waals surface area contributed by atoms with E-state index in [1.165, 1.54) is 30.5 Å². The molecule has 3 aromatic rings. The third kappa shape index (κ3) is 6.27. The number of carbonyl (C=O) groups is 1. The Morgan fingerprint density at radius 2 is 1.97 bits per heavy atom. The van der Waals surface area contributed by atoms with Gasteiger partial charge in [0.05, 0.1) is 5.70 Å². The van der Waals surface area contributed by atoms with Crippen LogP contribution in [-0.2, 0) is 17.5 Å². The molecular formula is C22H19F3N4O3. The fourth-order valence-electron chi connectivity index (χ4n) is 2.65. The van der Waals surface area contributed by atoms with E-state index in [2.05, 4.69) is 31.7 Å². The Labute approximate surface area is 181 Å². The molecule has 1 heterocycles. The van der Waals surface area contributed by atoms with Crippen molar-refractivity contribution < 1.29 is 27.2 Å². The Kier molecular flexibility index (Phi) is 7.37. The SMILES string of the molecule is C=N/C(=C\OCc1ccccc1)CCNC(=O)c1cccc(-c2noc(C(F)(F)F)n2)c1. The molecule has 0 unspecified atom stereocenters. The smallest absolute Gasteiger partial charge is 0.471 e. The van der Waals surface area contributed by atoms with Gasteiger partial charge in [0.2, 0.25) is 5.82 Å². The summed E-state index contributed by atoms with van der Waals surface area (Å²) in [7, 11) is 0. The van der Waals surface area contributed by atoms with Gasteiger partial charge < -0.3 is 14.6 Å². The zero-order chi connectivity index (χ0) is 23.0. The van der Waals surface area contributed by atoms with Gasteiger partial charge in [0.1, 0.15) is 12.9 Å². The number of hydrogen-bond acceptors (Lipinski definition) is 6. The minimum absolute atomic E-state index is 0.222. The zero-order valence-corrected chi connectivity index (χ0v) is 16.8. The number of carbonyl (C=O) groups excluding carboxylic acids is 1. The summed E-state index contributed by atoms with van der Waals surface area (Å²) in [6.07, 6.45) is -2.87. The van der Waals surface area contributed by atoms with Crippen LogP contribution >= 0.6 is 0 Å². The van der Waals surface area contributed by atoms with Crippen LogP contribution in [0.2, 0.25) is 0 Å². The number of ether oxygens (including phenoxy) is 1. The first-order chi connectivity index (χ1) is 15.4. The van der Waals surface area contributed by atoms with Crippen LogP contribution in [-0.4, -0.2) is 29.3 Å². The van der Waals surface area contributed by atoms with E-state index in [4.69, 9.17) is 4.74 Å². The molecule has 32 heavy (non-hydrogen) atoms. The molecule has 0 saturated carbocycles. The molecule has 0 aliphatic carbocycles. The summed E-state index contributed by atoms with van der Waals surface area (Å²) in [5.74, 6) is -2.13. The molecule has 0 bridgehead atoms. The fraction of sp³-hybridized carbons (Fsp3) is 0.182. The van der Waals surface area contributed by atoms with Gasteiger partial charge in [-0.1, -0.05) is 47.6 Å². The average Bonchev–Trinajstić information content (AvgIpc) is 3.30. The van der Waals surface area contributed by atoms with Crippen molar-refractivity contribution in [2.24, 2.45) is 4.99 Å². The lowest BCUT2D eigenvalue weighted by atomic mass is 10.1. The third-order valence-corrected chi connectivity index (χ3v) is 4.23. The second-order valence-corrected chi connectivity index (χ2v) is 6.57. The maximum Gasteiger partial charge on any atom is 0.471 e. The van der Waals surface area contributed by atoms with E-state index in [-0.39, 0.29) is 23.5 Å². The van der Waals surface area contributed by atoms with Crippen LogP contribution in [0.3, 0.4) is 0 Å². The number of rotatable bonds is 9. The van der Waals surface area contributed by atoms with E-state index >= 15 is 0 Å². The van der Waals surface area contributed by atoms with Gasteiger partial charge in [0.15, 0.2) is 0 Å². The third-order valence-electron chi connectivity index (χ3n) is 4.23. The van der Waals surface area contributed by atoms with Crippen molar-refractivity contribution in [1.29, 1.82) is 0 Å². The average molecular weight is 444 g/mol. The van der Waals surface area contributed by atoms with Gasteiger partial charge in [-0.15, -0.1) is 0 Å². The first-order valence-corrected chi connectivity index (χ1v) is 9.47. The monoisotopic (exact) mass is 444 g/mol. The van der Waals surface area contributed by atoms with Crippen molar-refractivity contribution >= 4 is 12.6 Å². The Balaban J connectivity index is 1.54. The van der Waals surface area contributed by atoms with Crippen LogP contribution in [0.25, 0.3) is 11.4 Å². The summed E-state index contributed by atoms with van der Waals surface area (Å²) in [4.78, 5) is 19.6. The van der Waals surface area contributed by atoms with Crippen LogP contribution in [0.1, 0.15) is 28.2 Å². The predicted molar refractivity (Wildman–Crippen MR) is 111 cm³/mol. The number of alkyl halides is 3. The number of nitrogens with zero attached hydrogens (tertiary/aromatic N) is 3. The Morgan fingerprint density at radius 3 is 2.66 bits per heavy atom. The largest absolute Gasteiger partial charge is 0.495 e. The number of halogens is 3. The summed E-state index contributed by atoms with van der Waals surface area (Å²) in [5.41, 5.74) is 2.02. The summed E-state index contributed by atoms with van der Waals surface area (Å²) < 4.78 is 47.6. The maximum atomic E-state index is 12.6. The molecule has 166 valence electrons. The van der Waals surface area contributed by atoms with E-state index in [0.717, 1.165) is 5.56 Å². The van der Waals surface area contributed by atoms with Gasteiger partial charge in [-0.3, -0.25) is 9.79 Å². The molecule has 7 nitrogen and oxygen atoms in total. The van der Waals surface area contributed by atoms with E-state index < -0.39 is 18.0 Å². The molecule has 0 fully saturated rings. The number of amides is 1. The highest BCUT2D eigenvalue weighted by atomic mass is 19.4. The van der Waals surface area contributed by atoms with E-state index in [0.29, 0.717) is 18.7 Å². The highest BCUT2D eigenvalue weighted by Crippen LogP contribution is 2.29. The number of hydrogen-bond donors (Lipinski definition) is 1. The lowest BCUT2D eigenvalue weighted by Gasteiger charge is -2.07. The summed E-state index contributed by atoms with van der Waals surface area (Å²) >= 11 is 0. The number of nitrogens with one attached hydrogen (secondary N) is 1. The molecule has 2 aromatic carbocycles. The highest BCUT2D eigenvalue weighted by Gasteiger charge is 2.38. The van der Waals surface area contributed by atoms with Crippen molar-refractivity contribution in [3.05, 3.63) is 83.6 Å². The van der Waals surface area contributed by atoms with Gasteiger partial charge in [-0.25, -0.2) is 0 Å². The molecule has 10 heteroatoms. The molecule has 1 N–H and O–H groups in total. The second kappa shape index (κ2) is 10.4. The molecular weight excluding hydrogens is 425 g/mol. The lowest BCUT2D eigenvalue weighted by Crippen LogP contribution is -2.24. The molecule has 0 spiro atoms. The van der Waals surface area contributed by atoms with E-state index in [1.807, 2.05) is 30.3 Å². The molecule has 0 atom stereocenters. The van der Waals surface area contributed by atoms with Crippen LogP contribution in [0.15, 0.2) is 76.1 Å². The van der Waals surface area contributed by atoms with Crippen molar-refractivity contribution in [1.82, 2.24) is 15.5 Å². The molecule has 0 saturated heterocycles. The molecule has 0 aliphatic heterocycles. The first-order valence-electron chi connectivity index (χ1n) is 9.47. The zero-order valence-electron chi connectivity index (χ0n) is 16.8. The van der Waals surface area contributed by atoms with Gasteiger partial charge in [0.25, 0.3) is 5.91 Å². The highest BCUT2D eigenvalue weighted by molar-refractivity contribution is 5.95. The van der Waals surface area contributed by atoms with Crippen LogP contribution in [0.5, 0.6) is 0 Å². The lowest BCUT2D eigenvalue weighted by molar-refractivity contribution is -0.159. The molecule has 0 aliphatic rings. The number of benzene rings is 2. The Morgan fingerprint density at radius 1 is 1.19 bits per heavy atom. The molecule has 3 rings (SSSR count). The summed E-state index contributed by atoms with van der Waals surface area (Å²) in [6.45, 7) is 4.13. The Bertz CT molecular complexity index is 1100. The second-order valence-electron chi connectivity index (χ2n) is 6.57. The van der Waals surface area contributed by atoms with E-state index in [9.17, 15) is 18.0 Å². The minimum Gasteiger partial charge on any atom is -0.495 e. The normalized spacial score (nSPS) is 11.8. The van der Waals surface area contributed by atoms with Gasteiger partial charge in [-0.05, 0) is 24.4 Å². The van der Waals surface area contributed by atoms with Gasteiger partial charge >= 0.3 is 12.1 Å². The summed E-state index contributed by atoms with van der Waals surface area (Å²) in [6, 6.07) is 15.5. The topological polar surface area (TPSA) is 89.6 Å². The van der Waals surface area contributed by atoms with Crippen molar-refractivity contribution in [2.75, 3.05) is 6.54 Å².